The molecular formula is C20H28N4O. The van der Waals surface area contributed by atoms with Crippen LogP contribution in [0.25, 0.3) is 0 Å². The van der Waals surface area contributed by atoms with Crippen molar-refractivity contribution in [3.63, 3.8) is 0 Å². The van der Waals surface area contributed by atoms with Gasteiger partial charge in [0.25, 0.3) is 5.91 Å². The van der Waals surface area contributed by atoms with Crippen LogP contribution in [0.3, 0.4) is 0 Å². The molecule has 0 atom stereocenters. The van der Waals surface area contributed by atoms with E-state index in [0.29, 0.717) is 11.5 Å². The zero-order valence-electron chi connectivity index (χ0n) is 16.1. The molecule has 5 nitrogen and oxygen atoms in total. The van der Waals surface area contributed by atoms with Crippen molar-refractivity contribution in [2.24, 2.45) is 0 Å². The second-order valence-electron chi connectivity index (χ2n) is 7.08. The Morgan fingerprint density at radius 1 is 1.12 bits per heavy atom. The fraction of sp³-hybridized carbons (Fsp3) is 0.450. The zero-order valence-corrected chi connectivity index (χ0v) is 16.1. The highest BCUT2D eigenvalue weighted by atomic mass is 16.1. The molecule has 0 aliphatic carbocycles. The number of hydrogen-bond donors (Lipinski definition) is 1. The fourth-order valence-corrected chi connectivity index (χ4v) is 2.81. The van der Waals surface area contributed by atoms with E-state index in [2.05, 4.69) is 54.8 Å². The van der Waals surface area contributed by atoms with Crippen molar-refractivity contribution in [1.29, 1.82) is 0 Å². The van der Waals surface area contributed by atoms with Crippen LogP contribution in [0.15, 0.2) is 30.3 Å². The molecule has 0 bridgehead atoms. The fourth-order valence-electron chi connectivity index (χ4n) is 2.81. The highest BCUT2D eigenvalue weighted by Crippen LogP contribution is 2.29. The van der Waals surface area contributed by atoms with Crippen LogP contribution in [0.5, 0.6) is 0 Å². The summed E-state index contributed by atoms with van der Waals surface area (Å²) in [5.41, 5.74) is 2.24. The summed E-state index contributed by atoms with van der Waals surface area (Å²) < 4.78 is 0. The van der Waals surface area contributed by atoms with E-state index in [1.54, 1.807) is 6.07 Å². The number of hydrogen-bond acceptors (Lipinski definition) is 4. The summed E-state index contributed by atoms with van der Waals surface area (Å²) >= 11 is 0. The number of nitrogens with zero attached hydrogens (tertiary/aromatic N) is 3. The number of anilines is 2. The number of carbonyl (C=O) groups is 1. The van der Waals surface area contributed by atoms with Crippen LogP contribution < -0.4 is 10.2 Å². The van der Waals surface area contributed by atoms with Gasteiger partial charge >= 0.3 is 0 Å². The van der Waals surface area contributed by atoms with Gasteiger partial charge < -0.3 is 10.2 Å². The monoisotopic (exact) mass is 340 g/mol. The van der Waals surface area contributed by atoms with E-state index in [9.17, 15) is 4.79 Å². The van der Waals surface area contributed by atoms with Gasteiger partial charge in [-0.15, -0.1) is 0 Å². The lowest BCUT2D eigenvalue weighted by atomic mass is 9.86. The minimum Gasteiger partial charge on any atom is -0.357 e. The number of carbonyl (C=O) groups excluding carboxylic acids is 1. The summed E-state index contributed by atoms with van der Waals surface area (Å²) in [6.07, 6.45) is 0. The van der Waals surface area contributed by atoms with Crippen molar-refractivity contribution in [1.82, 2.24) is 9.97 Å². The molecule has 1 N–H and O–H groups in total. The smallest absolute Gasteiger partial charge is 0.274 e. The van der Waals surface area contributed by atoms with E-state index in [1.807, 2.05) is 31.2 Å². The molecular weight excluding hydrogens is 312 g/mol. The molecule has 25 heavy (non-hydrogen) atoms. The lowest BCUT2D eigenvalue weighted by molar-refractivity contribution is 0.102. The Bertz CT molecular complexity index is 746. The average molecular weight is 340 g/mol. The lowest BCUT2D eigenvalue weighted by Gasteiger charge is -2.23. The third-order valence-electron chi connectivity index (χ3n) is 4.13. The Labute approximate surface area is 150 Å². The van der Waals surface area contributed by atoms with Gasteiger partial charge in [-0.1, -0.05) is 39.0 Å². The third-order valence-corrected chi connectivity index (χ3v) is 4.13. The van der Waals surface area contributed by atoms with Gasteiger partial charge in [0.2, 0.25) is 0 Å². The Morgan fingerprint density at radius 3 is 2.36 bits per heavy atom. The summed E-state index contributed by atoms with van der Waals surface area (Å²) in [6, 6.07) is 9.65. The van der Waals surface area contributed by atoms with E-state index in [-0.39, 0.29) is 11.3 Å². The maximum absolute atomic E-state index is 12.8. The van der Waals surface area contributed by atoms with Crippen molar-refractivity contribution in [3.8, 4) is 0 Å². The van der Waals surface area contributed by atoms with Crippen LogP contribution in [0, 0.1) is 6.92 Å². The first-order valence-corrected chi connectivity index (χ1v) is 8.77. The Kier molecular flexibility index (Phi) is 5.77. The van der Waals surface area contributed by atoms with E-state index in [1.165, 1.54) is 0 Å². The summed E-state index contributed by atoms with van der Waals surface area (Å²) in [7, 11) is 0. The minimum atomic E-state index is -0.212. The molecule has 0 aliphatic rings. The van der Waals surface area contributed by atoms with Crippen LogP contribution >= 0.6 is 0 Å². The van der Waals surface area contributed by atoms with Crippen LogP contribution in [0.4, 0.5) is 11.5 Å². The molecule has 1 aromatic carbocycles. The van der Waals surface area contributed by atoms with Crippen molar-refractivity contribution < 1.29 is 4.79 Å². The number of rotatable bonds is 5. The lowest BCUT2D eigenvalue weighted by Crippen LogP contribution is -2.25. The third kappa shape index (κ3) is 4.56. The molecule has 0 saturated carbocycles. The van der Waals surface area contributed by atoms with E-state index in [0.717, 1.165) is 30.2 Å². The predicted octanol–water partition coefficient (Wildman–Crippen LogP) is 4.18. The quantitative estimate of drug-likeness (QED) is 0.887. The molecule has 1 heterocycles. The molecule has 2 aromatic rings. The van der Waals surface area contributed by atoms with Gasteiger partial charge in [0.05, 0.1) is 0 Å². The first kappa shape index (κ1) is 18.9. The Morgan fingerprint density at radius 2 is 1.76 bits per heavy atom. The van der Waals surface area contributed by atoms with Gasteiger partial charge in [-0.2, -0.15) is 0 Å². The molecule has 0 saturated heterocycles. The molecule has 0 aliphatic heterocycles. The average Bonchev–Trinajstić information content (AvgIpc) is 2.55. The van der Waals surface area contributed by atoms with E-state index >= 15 is 0 Å². The maximum Gasteiger partial charge on any atom is 0.274 e. The zero-order chi connectivity index (χ0) is 18.6. The van der Waals surface area contributed by atoms with E-state index in [4.69, 9.17) is 0 Å². The molecule has 1 aromatic heterocycles. The van der Waals surface area contributed by atoms with Gasteiger partial charge in [-0.05, 0) is 37.8 Å². The number of benzene rings is 1. The van der Waals surface area contributed by atoms with Crippen LogP contribution in [0.2, 0.25) is 0 Å². The standard InChI is InChI=1S/C20H28N4O/c1-7-24(8-2)18-13-17(21-14(3)22-18)19(25)23-16-12-10-9-11-15(16)20(4,5)6/h9-13H,7-8H2,1-6H3,(H,23,25). The predicted molar refractivity (Wildman–Crippen MR) is 103 cm³/mol. The number of aryl methyl sites for hydroxylation is 1. The van der Waals surface area contributed by atoms with Crippen LogP contribution in [0.1, 0.15) is 56.5 Å². The SMILES string of the molecule is CCN(CC)c1cc(C(=O)Nc2ccccc2C(C)(C)C)nc(C)n1. The van der Waals surface area contributed by atoms with Crippen molar-refractivity contribution in [2.75, 3.05) is 23.3 Å². The molecule has 0 radical (unpaired) electrons. The number of aromatic nitrogens is 2. The molecule has 0 spiro atoms. The van der Waals surface area contributed by atoms with Gasteiger partial charge in [0.15, 0.2) is 0 Å². The molecule has 2 rings (SSSR count). The van der Waals surface area contributed by atoms with Gasteiger partial charge in [0, 0.05) is 24.8 Å². The molecule has 5 heteroatoms. The molecule has 1 amide bonds. The largest absolute Gasteiger partial charge is 0.357 e. The van der Waals surface area contributed by atoms with Crippen molar-refractivity contribution in [2.45, 2.75) is 47.0 Å². The Balaban J connectivity index is 2.34. The van der Waals surface area contributed by atoms with Gasteiger partial charge in [-0.25, -0.2) is 9.97 Å². The summed E-state index contributed by atoms with van der Waals surface area (Å²) in [5, 5.41) is 3.02. The van der Waals surface area contributed by atoms with Gasteiger partial charge in [-0.3, -0.25) is 4.79 Å². The van der Waals surface area contributed by atoms with Crippen molar-refractivity contribution >= 4 is 17.4 Å². The highest BCUT2D eigenvalue weighted by molar-refractivity contribution is 6.03. The topological polar surface area (TPSA) is 58.1 Å². The number of para-hydroxylation sites is 1. The van der Waals surface area contributed by atoms with Crippen molar-refractivity contribution in [3.05, 3.63) is 47.4 Å². The first-order chi connectivity index (χ1) is 11.8. The number of amides is 1. The highest BCUT2D eigenvalue weighted by Gasteiger charge is 2.20. The summed E-state index contributed by atoms with van der Waals surface area (Å²) in [6.45, 7) is 14.0. The Hall–Kier alpha value is -2.43. The van der Waals surface area contributed by atoms with Gasteiger partial charge in [0.1, 0.15) is 17.3 Å². The maximum atomic E-state index is 12.8. The summed E-state index contributed by atoms with van der Waals surface area (Å²) in [5.74, 6) is 1.17. The second kappa shape index (κ2) is 7.64. The normalized spacial score (nSPS) is 11.3. The van der Waals surface area contributed by atoms with Crippen LogP contribution in [-0.2, 0) is 5.41 Å². The molecule has 0 unspecified atom stereocenters. The molecule has 134 valence electrons. The molecule has 0 fully saturated rings. The van der Waals surface area contributed by atoms with E-state index < -0.39 is 0 Å². The summed E-state index contributed by atoms with van der Waals surface area (Å²) in [4.78, 5) is 23.7. The minimum absolute atomic E-state index is 0.0577. The second-order valence-corrected chi connectivity index (χ2v) is 7.08. The van der Waals surface area contributed by atoms with Crippen LogP contribution in [-0.4, -0.2) is 29.0 Å². The number of nitrogens with one attached hydrogen (secondary N) is 1. The first-order valence-electron chi connectivity index (χ1n) is 8.77.